The summed E-state index contributed by atoms with van der Waals surface area (Å²) in [6.07, 6.45) is 0. The number of hydrogen-bond donors (Lipinski definition) is 0. The summed E-state index contributed by atoms with van der Waals surface area (Å²) in [6.45, 7) is 8.00. The maximum absolute atomic E-state index is 5.75. The summed E-state index contributed by atoms with van der Waals surface area (Å²) >= 11 is 0. The molecule has 5 heavy (non-hydrogen) atoms. The minimum absolute atomic E-state index is 1.25. The van der Waals surface area contributed by atoms with Crippen LogP contribution in [0.5, 0.6) is 0 Å². The fraction of sp³-hybridized carbons (Fsp3) is 1.00. The summed E-state index contributed by atoms with van der Waals surface area (Å²) in [4.78, 5) is 0. The van der Waals surface area contributed by atoms with Gasteiger partial charge in [-0.05, 0) is 0 Å². The van der Waals surface area contributed by atoms with Gasteiger partial charge in [-0.25, -0.2) is 0 Å². The predicted molar refractivity (Wildman–Crippen MR) is 29.4 cm³/mol. The van der Waals surface area contributed by atoms with Crippen molar-refractivity contribution in [1.29, 1.82) is 0 Å². The Morgan fingerprint density at radius 2 is 1.00 bits per heavy atom. The van der Waals surface area contributed by atoms with Gasteiger partial charge in [-0.15, -0.1) is 0 Å². The van der Waals surface area contributed by atoms with Gasteiger partial charge < -0.3 is 0 Å². The van der Waals surface area contributed by atoms with E-state index in [0.29, 0.717) is 0 Å². The van der Waals surface area contributed by atoms with Gasteiger partial charge in [0.15, 0.2) is 0 Å². The molecule has 0 saturated heterocycles. The molecule has 0 aliphatic rings. The smallest absolute Gasteiger partial charge is 0.0194 e. The third-order valence-corrected chi connectivity index (χ3v) is 0. The van der Waals surface area contributed by atoms with Crippen molar-refractivity contribution in [2.45, 2.75) is 35.1 Å². The van der Waals surface area contributed by atoms with Gasteiger partial charge in [0.2, 0.25) is 0 Å². The molecule has 0 heteroatoms. The Bertz CT molecular complexity index is 3.90. The van der Waals surface area contributed by atoms with Crippen LogP contribution in [0.15, 0.2) is 0 Å². The topological polar surface area (TPSA) is 0 Å². The molecule has 0 atom stereocenters. The molecule has 0 spiro atoms. The first-order valence-electron chi connectivity index (χ1n) is 3.00. The van der Waals surface area contributed by atoms with Crippen LogP contribution in [0.3, 0.4) is 0 Å². The maximum atomic E-state index is 5.75. The van der Waals surface area contributed by atoms with Crippen molar-refractivity contribution in [2.75, 3.05) is 0 Å². The van der Waals surface area contributed by atoms with Crippen LogP contribution < -0.4 is 0 Å². The zero-order valence-corrected chi connectivity index (χ0v) is 5.00. The van der Waals surface area contributed by atoms with Gasteiger partial charge >= 0.3 is 0 Å². The Balaban J connectivity index is -0.0000000225. The summed E-state index contributed by atoms with van der Waals surface area (Å²) in [6, 6.07) is 0. The highest BCUT2D eigenvalue weighted by Crippen LogP contribution is 1.15. The zero-order chi connectivity index (χ0) is 6.00. The second-order valence-corrected chi connectivity index (χ2v) is 0. The van der Waals surface area contributed by atoms with Crippen LogP contribution in [0, 0.1) is 0 Å². The number of rotatable bonds is 0. The van der Waals surface area contributed by atoms with E-state index in [4.69, 9.17) is 1.37 Å². The predicted octanol–water partition coefficient (Wildman–Crippen LogP) is 2.69. The highest BCUT2D eigenvalue weighted by molar-refractivity contribution is 3.51. The lowest BCUT2D eigenvalue weighted by Crippen LogP contribution is -0.856. The van der Waals surface area contributed by atoms with Crippen LogP contribution in [0.1, 0.15) is 36.5 Å². The van der Waals surface area contributed by atoms with Crippen molar-refractivity contribution < 1.29 is 1.37 Å². The Morgan fingerprint density at radius 1 is 1.00 bits per heavy atom. The van der Waals surface area contributed by atoms with E-state index in [9.17, 15) is 0 Å². The SMILES string of the molecule is CC.CC.[3H]C. The van der Waals surface area contributed by atoms with Crippen molar-refractivity contribution in [3.8, 4) is 0 Å². The van der Waals surface area contributed by atoms with Crippen LogP contribution in [0.2, 0.25) is 0 Å². The largest absolute Gasteiger partial charge is 0.0776 e. The second-order valence-electron chi connectivity index (χ2n) is 0. The Morgan fingerprint density at radius 3 is 1.00 bits per heavy atom. The summed E-state index contributed by atoms with van der Waals surface area (Å²) in [5.41, 5.74) is 0. The van der Waals surface area contributed by atoms with Gasteiger partial charge in [-0.1, -0.05) is 35.1 Å². The molecule has 0 bridgehead atoms. The van der Waals surface area contributed by atoms with Crippen molar-refractivity contribution in [1.82, 2.24) is 0 Å². The summed E-state index contributed by atoms with van der Waals surface area (Å²) in [7, 11) is 1.25. The average molecular weight is 78.2 g/mol. The van der Waals surface area contributed by atoms with Gasteiger partial charge in [-0.3, -0.25) is 0 Å². The monoisotopic (exact) mass is 78.1 g/mol. The van der Waals surface area contributed by atoms with Gasteiger partial charge in [-0.2, -0.15) is 0 Å². The quantitative estimate of drug-likeness (QED) is 0.418. The molecular weight excluding hydrogens is 60.1 g/mol. The molecule has 36 valence electrons. The lowest BCUT2D eigenvalue weighted by molar-refractivity contribution is 1.50. The molecule has 0 aromatic carbocycles. The lowest BCUT2D eigenvalue weighted by atomic mass is 11.0. The van der Waals surface area contributed by atoms with E-state index in [1.54, 1.807) is 0 Å². The molecule has 0 rings (SSSR count). The molecule has 0 heterocycles. The molecule has 0 aliphatic heterocycles. The molecule has 0 aliphatic carbocycles. The van der Waals surface area contributed by atoms with Crippen molar-refractivity contribution >= 4 is 0 Å². The molecule has 0 nitrogen and oxygen atoms in total. The van der Waals surface area contributed by atoms with E-state index >= 15 is 0 Å². The van der Waals surface area contributed by atoms with E-state index in [-0.39, 0.29) is 0 Å². The van der Waals surface area contributed by atoms with Crippen LogP contribution >= 0.6 is 0 Å². The van der Waals surface area contributed by atoms with E-state index < -0.39 is 0 Å². The lowest BCUT2D eigenvalue weighted by Gasteiger charge is -1.07. The molecule has 0 amide bonds. The van der Waals surface area contributed by atoms with E-state index in [2.05, 4.69) is 0 Å². The molecule has 0 unspecified atom stereocenters. The minimum Gasteiger partial charge on any atom is -0.0776 e. The first-order valence-corrected chi connectivity index (χ1v) is 2.00. The van der Waals surface area contributed by atoms with Crippen LogP contribution in [0.25, 0.3) is 0 Å². The van der Waals surface area contributed by atoms with Crippen molar-refractivity contribution in [3.05, 3.63) is 0 Å². The molecule has 0 radical (unpaired) electrons. The number of hydrogen-bond acceptors (Lipinski definition) is 0. The normalized spacial score (nSPS) is 3.80. The molecule has 0 aromatic heterocycles. The summed E-state index contributed by atoms with van der Waals surface area (Å²) in [5.74, 6) is 0. The van der Waals surface area contributed by atoms with Crippen LogP contribution in [-0.4, -0.2) is 0 Å². The maximum Gasteiger partial charge on any atom is 0.0194 e. The van der Waals surface area contributed by atoms with Crippen molar-refractivity contribution in [2.24, 2.45) is 0 Å². The molecule has 0 aromatic rings. The Kier molecular flexibility index (Phi) is 0. The van der Waals surface area contributed by atoms with Gasteiger partial charge in [0.1, 0.15) is 0 Å². The molecular formula is C5H16. The Hall–Kier alpha value is 0. The summed E-state index contributed by atoms with van der Waals surface area (Å²) in [5, 5.41) is 0. The fourth-order valence-corrected chi connectivity index (χ4v) is 0. The first-order chi connectivity index (χ1) is 3.00. The van der Waals surface area contributed by atoms with Gasteiger partial charge in [0.25, 0.3) is 0 Å². The third-order valence-electron chi connectivity index (χ3n) is 0. The second kappa shape index (κ2) is 0. The highest BCUT2D eigenvalue weighted by Gasteiger charge is 0.934. The van der Waals surface area contributed by atoms with Crippen LogP contribution in [0.4, 0.5) is 0 Å². The molecule has 0 saturated carbocycles. The van der Waals surface area contributed by atoms with Gasteiger partial charge in [0, 0.05) is 1.37 Å². The van der Waals surface area contributed by atoms with E-state index in [0.717, 1.165) is 0 Å². The fourth-order valence-electron chi connectivity index (χ4n) is 0. The summed E-state index contributed by atoms with van der Waals surface area (Å²) < 4.78 is 5.75. The van der Waals surface area contributed by atoms with E-state index in [1.807, 2.05) is 27.7 Å². The van der Waals surface area contributed by atoms with Crippen molar-refractivity contribution in [3.63, 3.8) is 0 Å². The first kappa shape index (κ1) is 8.89. The molecule has 0 N–H and O–H groups in total. The minimum atomic E-state index is 1.25. The third kappa shape index (κ3) is 0. The Labute approximate surface area is 37.6 Å². The van der Waals surface area contributed by atoms with Crippen LogP contribution in [-0.2, 0) is 0 Å². The zero-order valence-electron chi connectivity index (χ0n) is 6.00. The highest BCUT2D eigenvalue weighted by atomic mass is 13.0. The molecule has 0 fully saturated rings. The standard InChI is InChI=1S/2C2H6.CH4/c2*1-2;/h2*1-2H3;1H4/i;;1T. The average Bonchev–Trinajstić information content (AvgIpc) is 1.81. The van der Waals surface area contributed by atoms with Gasteiger partial charge in [0.05, 0.1) is 0 Å². The van der Waals surface area contributed by atoms with E-state index in [1.165, 1.54) is 7.40 Å².